The van der Waals surface area contributed by atoms with Gasteiger partial charge >= 0.3 is 5.97 Å². The molecule has 5 rings (SSSR count). The predicted molar refractivity (Wildman–Crippen MR) is 134 cm³/mol. The van der Waals surface area contributed by atoms with Crippen LogP contribution in [0.2, 0.25) is 0 Å². The first-order valence-electron chi connectivity index (χ1n) is 11.1. The third-order valence-corrected chi connectivity index (χ3v) is 6.03. The van der Waals surface area contributed by atoms with Gasteiger partial charge in [0.15, 0.2) is 11.3 Å². The third kappa shape index (κ3) is 3.96. The summed E-state index contributed by atoms with van der Waals surface area (Å²) in [6.45, 7) is 0. The third-order valence-electron chi connectivity index (χ3n) is 6.03. The van der Waals surface area contributed by atoms with Crippen LogP contribution in [-0.2, 0) is 7.05 Å². The van der Waals surface area contributed by atoms with Crippen LogP contribution in [-0.4, -0.2) is 37.8 Å². The average Bonchev–Trinajstić information content (AvgIpc) is 3.32. The summed E-state index contributed by atoms with van der Waals surface area (Å²) < 4.78 is 7.03. The summed E-state index contributed by atoms with van der Waals surface area (Å²) in [5.41, 5.74) is 2.21. The lowest BCUT2D eigenvalue weighted by molar-refractivity contribution is 0.0697. The second-order valence-electron chi connectivity index (χ2n) is 8.31. The van der Waals surface area contributed by atoms with Crippen molar-refractivity contribution >= 4 is 23.0 Å². The van der Waals surface area contributed by atoms with E-state index in [0.29, 0.717) is 11.1 Å². The fourth-order valence-electron chi connectivity index (χ4n) is 4.22. The highest BCUT2D eigenvalue weighted by Gasteiger charge is 2.27. The van der Waals surface area contributed by atoms with Crippen molar-refractivity contribution in [3.8, 4) is 17.3 Å². The van der Waals surface area contributed by atoms with Crippen molar-refractivity contribution in [3.05, 3.63) is 106 Å². The average molecular weight is 482 g/mol. The number of hydrogen-bond acceptors (Lipinski definition) is 7. The first-order chi connectivity index (χ1) is 17.3. The van der Waals surface area contributed by atoms with Gasteiger partial charge in [0.25, 0.3) is 11.4 Å². The minimum atomic E-state index is -1.02. The molecule has 3 aromatic carbocycles. The first-order valence-corrected chi connectivity index (χ1v) is 11.1. The molecule has 0 unspecified atom stereocenters. The lowest BCUT2D eigenvalue weighted by Crippen LogP contribution is -2.32. The van der Waals surface area contributed by atoms with Gasteiger partial charge in [-0.3, -0.25) is 9.36 Å². The van der Waals surface area contributed by atoms with E-state index in [1.54, 1.807) is 42.3 Å². The standard InChI is InChI=1S/C27H22N4O5/c1-30(22(16-8-4-3-5-9-16)17-12-14-18(15-13-17)26(34)35)27-29-21(23(32)25(33)31(27)2)24-28-19-10-6-7-11-20(19)36-24/h3-15,22,32H,1-2H3,(H,34,35)/t22-/m1/s1. The molecule has 0 saturated heterocycles. The van der Waals surface area contributed by atoms with Gasteiger partial charge in [-0.05, 0) is 35.4 Å². The fourth-order valence-corrected chi connectivity index (χ4v) is 4.22. The summed E-state index contributed by atoms with van der Waals surface area (Å²) in [5.74, 6) is -1.30. The summed E-state index contributed by atoms with van der Waals surface area (Å²) in [5, 5.41) is 20.0. The van der Waals surface area contributed by atoms with Crippen LogP contribution in [0.15, 0.2) is 88.1 Å². The Morgan fingerprint density at radius 3 is 2.25 bits per heavy atom. The molecule has 0 fully saturated rings. The molecule has 0 aliphatic rings. The number of aromatic nitrogens is 3. The zero-order chi connectivity index (χ0) is 25.4. The minimum Gasteiger partial charge on any atom is -0.501 e. The molecular formula is C27H22N4O5. The highest BCUT2D eigenvalue weighted by atomic mass is 16.4. The van der Waals surface area contributed by atoms with Crippen LogP contribution in [0.5, 0.6) is 5.75 Å². The van der Waals surface area contributed by atoms with E-state index in [4.69, 9.17) is 4.42 Å². The molecule has 2 aromatic heterocycles. The van der Waals surface area contributed by atoms with E-state index in [9.17, 15) is 19.8 Å². The number of hydrogen-bond donors (Lipinski definition) is 2. The van der Waals surface area contributed by atoms with Crippen LogP contribution in [0.25, 0.3) is 22.7 Å². The molecule has 0 radical (unpaired) electrons. The zero-order valence-electron chi connectivity index (χ0n) is 19.5. The summed E-state index contributed by atoms with van der Waals surface area (Å²) in [6, 6.07) is 22.8. The van der Waals surface area contributed by atoms with Gasteiger partial charge in [-0.25, -0.2) is 14.8 Å². The van der Waals surface area contributed by atoms with E-state index in [0.717, 1.165) is 11.1 Å². The SMILES string of the molecule is CN(c1nc(-c2nc3ccccc3o2)c(O)c(=O)n1C)[C@H](c1ccccc1)c1ccc(C(=O)O)cc1. The largest absolute Gasteiger partial charge is 0.501 e. The molecule has 0 bridgehead atoms. The van der Waals surface area contributed by atoms with Gasteiger partial charge in [0.2, 0.25) is 11.7 Å². The number of nitrogens with zero attached hydrogens (tertiary/aromatic N) is 4. The molecule has 0 saturated carbocycles. The summed E-state index contributed by atoms with van der Waals surface area (Å²) in [6.07, 6.45) is 0. The van der Waals surface area contributed by atoms with Gasteiger partial charge < -0.3 is 19.5 Å². The van der Waals surface area contributed by atoms with Crippen molar-refractivity contribution in [2.45, 2.75) is 6.04 Å². The number of oxazole rings is 1. The van der Waals surface area contributed by atoms with E-state index < -0.39 is 23.3 Å². The Morgan fingerprint density at radius 1 is 0.944 bits per heavy atom. The number of rotatable bonds is 6. The van der Waals surface area contributed by atoms with Crippen LogP contribution in [0.1, 0.15) is 27.5 Å². The maximum atomic E-state index is 13.0. The lowest BCUT2D eigenvalue weighted by atomic mass is 9.96. The van der Waals surface area contributed by atoms with E-state index in [-0.39, 0.29) is 23.1 Å². The molecule has 1 atom stereocenters. The van der Waals surface area contributed by atoms with Crippen molar-refractivity contribution in [1.82, 2.24) is 14.5 Å². The highest BCUT2D eigenvalue weighted by Crippen LogP contribution is 2.33. The predicted octanol–water partition coefficient (Wildman–Crippen LogP) is 4.22. The molecule has 2 heterocycles. The van der Waals surface area contributed by atoms with Gasteiger partial charge in [0, 0.05) is 14.1 Å². The molecule has 2 N–H and O–H groups in total. The van der Waals surface area contributed by atoms with Crippen LogP contribution in [0.3, 0.4) is 0 Å². The topological polar surface area (TPSA) is 122 Å². The molecule has 36 heavy (non-hydrogen) atoms. The normalized spacial score (nSPS) is 11.9. The Balaban J connectivity index is 1.66. The summed E-state index contributed by atoms with van der Waals surface area (Å²) >= 11 is 0. The van der Waals surface area contributed by atoms with Gasteiger partial charge in [-0.15, -0.1) is 0 Å². The lowest BCUT2D eigenvalue weighted by Gasteiger charge is -2.31. The number of aromatic hydroxyl groups is 1. The highest BCUT2D eigenvalue weighted by molar-refractivity contribution is 5.87. The zero-order valence-corrected chi connectivity index (χ0v) is 19.5. The molecule has 0 amide bonds. The van der Waals surface area contributed by atoms with Crippen molar-refractivity contribution in [2.24, 2.45) is 7.05 Å². The van der Waals surface area contributed by atoms with Crippen molar-refractivity contribution in [2.75, 3.05) is 11.9 Å². The smallest absolute Gasteiger partial charge is 0.335 e. The summed E-state index contributed by atoms with van der Waals surface area (Å²) in [4.78, 5) is 35.2. The fraction of sp³-hybridized carbons (Fsp3) is 0.111. The summed E-state index contributed by atoms with van der Waals surface area (Å²) in [7, 11) is 3.30. The molecule has 0 aliphatic carbocycles. The number of carboxylic acids is 1. The Morgan fingerprint density at radius 2 is 1.58 bits per heavy atom. The molecule has 9 nitrogen and oxygen atoms in total. The van der Waals surface area contributed by atoms with Crippen molar-refractivity contribution in [1.29, 1.82) is 0 Å². The Bertz CT molecular complexity index is 1590. The van der Waals surface area contributed by atoms with E-state index in [1.165, 1.54) is 23.7 Å². The second-order valence-corrected chi connectivity index (χ2v) is 8.31. The first kappa shape index (κ1) is 22.9. The Hall–Kier alpha value is -4.92. The van der Waals surface area contributed by atoms with Crippen LogP contribution >= 0.6 is 0 Å². The van der Waals surface area contributed by atoms with E-state index in [2.05, 4.69) is 9.97 Å². The molecule has 0 spiro atoms. The maximum Gasteiger partial charge on any atom is 0.335 e. The number of carboxylic acid groups (broad SMARTS) is 1. The second kappa shape index (κ2) is 9.03. The molecule has 180 valence electrons. The van der Waals surface area contributed by atoms with E-state index in [1.807, 2.05) is 36.4 Å². The molecule has 0 aliphatic heterocycles. The Labute approximate surface area is 205 Å². The number of aromatic carboxylic acids is 1. The van der Waals surface area contributed by atoms with Gasteiger partial charge in [0.1, 0.15) is 5.52 Å². The van der Waals surface area contributed by atoms with Gasteiger partial charge in [-0.1, -0.05) is 54.6 Å². The van der Waals surface area contributed by atoms with Crippen molar-refractivity contribution in [3.63, 3.8) is 0 Å². The van der Waals surface area contributed by atoms with Crippen LogP contribution in [0, 0.1) is 0 Å². The minimum absolute atomic E-state index is 0.0307. The van der Waals surface area contributed by atoms with Crippen LogP contribution in [0.4, 0.5) is 5.95 Å². The van der Waals surface area contributed by atoms with E-state index >= 15 is 0 Å². The monoisotopic (exact) mass is 482 g/mol. The maximum absolute atomic E-state index is 13.0. The van der Waals surface area contributed by atoms with Gasteiger partial charge in [-0.2, -0.15) is 0 Å². The van der Waals surface area contributed by atoms with Crippen LogP contribution < -0.4 is 10.5 Å². The molecular weight excluding hydrogens is 460 g/mol. The van der Waals surface area contributed by atoms with Crippen molar-refractivity contribution < 1.29 is 19.4 Å². The number of fused-ring (bicyclic) bond motifs is 1. The number of anilines is 1. The molecule has 5 aromatic rings. The number of carbonyl (C=O) groups is 1. The Kier molecular flexibility index (Phi) is 5.73. The number of para-hydroxylation sites is 2. The number of benzene rings is 3. The van der Waals surface area contributed by atoms with Gasteiger partial charge in [0.05, 0.1) is 11.6 Å². The quantitative estimate of drug-likeness (QED) is 0.369. The molecule has 9 heteroatoms.